The van der Waals surface area contributed by atoms with Crippen molar-refractivity contribution in [1.82, 2.24) is 0 Å². The van der Waals surface area contributed by atoms with Crippen molar-refractivity contribution in [3.8, 4) is 0 Å². The maximum absolute atomic E-state index is 13.4. The van der Waals surface area contributed by atoms with E-state index in [0.717, 1.165) is 12.1 Å². The smallest absolute Gasteiger partial charge is 0.226 e. The molecule has 116 valence electrons. The van der Waals surface area contributed by atoms with Gasteiger partial charge in [0.05, 0.1) is 15.7 Å². The van der Waals surface area contributed by atoms with E-state index in [9.17, 15) is 13.6 Å². The van der Waals surface area contributed by atoms with Gasteiger partial charge in [0.1, 0.15) is 17.3 Å². The standard InChI is InChI=1S/C15H12Cl2F2N2O/c16-9-3-1-4-10(17)14(9)20-8-7-13(22)21-15-11(18)5-2-6-12(15)19/h1-6,20H,7-8H2,(H,21,22). The second-order valence-electron chi connectivity index (χ2n) is 4.42. The summed E-state index contributed by atoms with van der Waals surface area (Å²) in [6.45, 7) is 0.214. The Hall–Kier alpha value is -1.85. The van der Waals surface area contributed by atoms with Crippen LogP contribution < -0.4 is 10.6 Å². The number of carbonyl (C=O) groups is 1. The van der Waals surface area contributed by atoms with Crippen LogP contribution in [0.15, 0.2) is 36.4 Å². The maximum atomic E-state index is 13.4. The number of carbonyl (C=O) groups excluding carboxylic acids is 1. The molecule has 0 aliphatic carbocycles. The molecule has 0 fully saturated rings. The normalized spacial score (nSPS) is 10.4. The summed E-state index contributed by atoms with van der Waals surface area (Å²) in [6.07, 6.45) is -0.00464. The molecule has 2 aromatic carbocycles. The fourth-order valence-corrected chi connectivity index (χ4v) is 2.32. The van der Waals surface area contributed by atoms with Gasteiger partial charge in [0.15, 0.2) is 0 Å². The Bertz CT molecular complexity index is 655. The van der Waals surface area contributed by atoms with Crippen molar-refractivity contribution in [2.45, 2.75) is 6.42 Å². The highest BCUT2D eigenvalue weighted by molar-refractivity contribution is 6.39. The fraction of sp³-hybridized carbons (Fsp3) is 0.133. The summed E-state index contributed by atoms with van der Waals surface area (Å²) in [7, 11) is 0. The molecule has 3 nitrogen and oxygen atoms in total. The molecule has 0 aliphatic heterocycles. The molecule has 2 N–H and O–H groups in total. The van der Waals surface area contributed by atoms with Crippen LogP contribution in [-0.2, 0) is 4.79 Å². The van der Waals surface area contributed by atoms with Crippen molar-refractivity contribution in [2.24, 2.45) is 0 Å². The molecule has 0 atom stereocenters. The molecule has 0 radical (unpaired) electrons. The van der Waals surface area contributed by atoms with Gasteiger partial charge in [0.2, 0.25) is 5.91 Å². The molecule has 0 unspecified atom stereocenters. The summed E-state index contributed by atoms with van der Waals surface area (Å²) in [5, 5.41) is 5.96. The van der Waals surface area contributed by atoms with Gasteiger partial charge in [-0.2, -0.15) is 0 Å². The van der Waals surface area contributed by atoms with Gasteiger partial charge in [-0.05, 0) is 24.3 Å². The zero-order valence-electron chi connectivity index (χ0n) is 11.3. The summed E-state index contributed by atoms with van der Waals surface area (Å²) in [6, 6.07) is 8.38. The van der Waals surface area contributed by atoms with Gasteiger partial charge in [-0.15, -0.1) is 0 Å². The average molecular weight is 345 g/mol. The largest absolute Gasteiger partial charge is 0.382 e. The minimum Gasteiger partial charge on any atom is -0.382 e. The summed E-state index contributed by atoms with van der Waals surface area (Å²) >= 11 is 11.9. The minimum absolute atomic E-state index is 0.00464. The highest BCUT2D eigenvalue weighted by atomic mass is 35.5. The van der Waals surface area contributed by atoms with Crippen molar-refractivity contribution in [3.05, 3.63) is 58.1 Å². The van der Waals surface area contributed by atoms with Crippen LogP contribution in [-0.4, -0.2) is 12.5 Å². The average Bonchev–Trinajstić information content (AvgIpc) is 2.46. The van der Waals surface area contributed by atoms with Gasteiger partial charge in [-0.3, -0.25) is 4.79 Å². The van der Waals surface area contributed by atoms with E-state index in [1.54, 1.807) is 18.2 Å². The fourth-order valence-electron chi connectivity index (χ4n) is 1.79. The van der Waals surface area contributed by atoms with Crippen molar-refractivity contribution in [3.63, 3.8) is 0 Å². The van der Waals surface area contributed by atoms with Crippen LogP contribution in [0.5, 0.6) is 0 Å². The molecule has 2 aromatic rings. The molecule has 0 bridgehead atoms. The first-order valence-corrected chi connectivity index (χ1v) is 7.16. The number of benzene rings is 2. The molecular weight excluding hydrogens is 333 g/mol. The van der Waals surface area contributed by atoms with E-state index in [2.05, 4.69) is 10.6 Å². The van der Waals surface area contributed by atoms with Crippen LogP contribution >= 0.6 is 23.2 Å². The highest BCUT2D eigenvalue weighted by Crippen LogP contribution is 2.29. The quantitative estimate of drug-likeness (QED) is 0.824. The molecule has 22 heavy (non-hydrogen) atoms. The lowest BCUT2D eigenvalue weighted by Crippen LogP contribution is -2.18. The van der Waals surface area contributed by atoms with Crippen LogP contribution in [0.25, 0.3) is 0 Å². The first kappa shape index (κ1) is 16.5. The molecule has 0 spiro atoms. The molecule has 1 amide bonds. The first-order chi connectivity index (χ1) is 10.5. The van der Waals surface area contributed by atoms with E-state index in [1.165, 1.54) is 6.07 Å². The first-order valence-electron chi connectivity index (χ1n) is 6.41. The molecule has 0 aliphatic rings. The molecule has 2 rings (SSSR count). The second-order valence-corrected chi connectivity index (χ2v) is 5.23. The van der Waals surface area contributed by atoms with Crippen molar-refractivity contribution < 1.29 is 13.6 Å². The summed E-state index contributed by atoms with van der Waals surface area (Å²) < 4.78 is 26.8. The monoisotopic (exact) mass is 344 g/mol. The maximum Gasteiger partial charge on any atom is 0.226 e. The number of para-hydroxylation sites is 2. The zero-order chi connectivity index (χ0) is 16.1. The van der Waals surface area contributed by atoms with Gasteiger partial charge < -0.3 is 10.6 Å². The second kappa shape index (κ2) is 7.42. The third kappa shape index (κ3) is 4.08. The van der Waals surface area contributed by atoms with E-state index in [1.807, 2.05) is 0 Å². The SMILES string of the molecule is O=C(CCNc1c(Cl)cccc1Cl)Nc1c(F)cccc1F. The van der Waals surface area contributed by atoms with Crippen LogP contribution in [0.3, 0.4) is 0 Å². The molecule has 0 heterocycles. The Balaban J connectivity index is 1.91. The third-order valence-electron chi connectivity index (χ3n) is 2.84. The topological polar surface area (TPSA) is 41.1 Å². The number of hydrogen-bond acceptors (Lipinski definition) is 2. The van der Waals surface area contributed by atoms with E-state index in [4.69, 9.17) is 23.2 Å². The number of anilines is 2. The molecule has 0 saturated heterocycles. The number of amides is 1. The van der Waals surface area contributed by atoms with E-state index in [-0.39, 0.29) is 13.0 Å². The predicted octanol–water partition coefficient (Wildman–Crippen LogP) is 4.71. The number of halogens is 4. The van der Waals surface area contributed by atoms with Crippen LogP contribution in [0, 0.1) is 11.6 Å². The lowest BCUT2D eigenvalue weighted by atomic mass is 10.2. The Kier molecular flexibility index (Phi) is 5.57. The molecule has 0 saturated carbocycles. The predicted molar refractivity (Wildman–Crippen MR) is 84.6 cm³/mol. The van der Waals surface area contributed by atoms with E-state index >= 15 is 0 Å². The number of rotatable bonds is 5. The number of hydrogen-bond donors (Lipinski definition) is 2. The molecule has 7 heteroatoms. The van der Waals surface area contributed by atoms with Gasteiger partial charge in [-0.1, -0.05) is 35.3 Å². The van der Waals surface area contributed by atoms with E-state index in [0.29, 0.717) is 15.7 Å². The Morgan fingerprint density at radius 2 is 1.50 bits per heavy atom. The van der Waals surface area contributed by atoms with Crippen LogP contribution in [0.1, 0.15) is 6.42 Å². The van der Waals surface area contributed by atoms with Gasteiger partial charge >= 0.3 is 0 Å². The molecular formula is C15H12Cl2F2N2O. The van der Waals surface area contributed by atoms with Gasteiger partial charge in [0.25, 0.3) is 0 Å². The van der Waals surface area contributed by atoms with Crippen molar-refractivity contribution >= 4 is 40.5 Å². The highest BCUT2D eigenvalue weighted by Gasteiger charge is 2.12. The summed E-state index contributed by atoms with van der Waals surface area (Å²) in [4.78, 5) is 11.7. The van der Waals surface area contributed by atoms with Gasteiger partial charge in [-0.25, -0.2) is 8.78 Å². The minimum atomic E-state index is -0.824. The molecule has 0 aromatic heterocycles. The van der Waals surface area contributed by atoms with Crippen LogP contribution in [0.4, 0.5) is 20.2 Å². The Morgan fingerprint density at radius 1 is 0.955 bits per heavy atom. The number of nitrogens with one attached hydrogen (secondary N) is 2. The summed E-state index contributed by atoms with van der Waals surface area (Å²) in [5.41, 5.74) is 0.0546. The summed E-state index contributed by atoms with van der Waals surface area (Å²) in [5.74, 6) is -2.18. The van der Waals surface area contributed by atoms with E-state index < -0.39 is 23.2 Å². The van der Waals surface area contributed by atoms with Crippen molar-refractivity contribution in [1.29, 1.82) is 0 Å². The lowest BCUT2D eigenvalue weighted by Gasteiger charge is -2.11. The zero-order valence-corrected chi connectivity index (χ0v) is 12.8. The van der Waals surface area contributed by atoms with Crippen molar-refractivity contribution in [2.75, 3.05) is 17.2 Å². The third-order valence-corrected chi connectivity index (χ3v) is 3.47. The van der Waals surface area contributed by atoms with Gasteiger partial charge in [0, 0.05) is 13.0 Å². The Morgan fingerprint density at radius 3 is 2.09 bits per heavy atom. The Labute approximate surface area is 136 Å². The lowest BCUT2D eigenvalue weighted by molar-refractivity contribution is -0.116. The van der Waals surface area contributed by atoms with Crippen LogP contribution in [0.2, 0.25) is 10.0 Å².